The molecule has 3 nitrogen and oxygen atoms in total. The molecule has 2 heterocycles. The van der Waals surface area contributed by atoms with E-state index in [-0.39, 0.29) is 0 Å². The van der Waals surface area contributed by atoms with Crippen molar-refractivity contribution in [2.75, 3.05) is 5.32 Å². The minimum atomic E-state index is 0.587. The number of nitrogens with one attached hydrogen (secondary N) is 1. The second-order valence-electron chi connectivity index (χ2n) is 8.19. The van der Waals surface area contributed by atoms with Crippen molar-refractivity contribution in [2.24, 2.45) is 0 Å². The number of hydrogen-bond acceptors (Lipinski definition) is 3. The lowest BCUT2D eigenvalue weighted by Crippen LogP contribution is -2.21. The highest BCUT2D eigenvalue weighted by atomic mass is 32.1. The Morgan fingerprint density at radius 3 is 2.72 bits per heavy atom. The van der Waals surface area contributed by atoms with Crippen LogP contribution >= 0.6 is 11.3 Å². The lowest BCUT2D eigenvalue weighted by Gasteiger charge is -2.22. The van der Waals surface area contributed by atoms with Gasteiger partial charge in [0.15, 0.2) is 5.13 Å². The molecule has 1 aliphatic rings. The molecule has 0 atom stereocenters. The van der Waals surface area contributed by atoms with Gasteiger partial charge in [0.1, 0.15) is 0 Å². The van der Waals surface area contributed by atoms with E-state index in [9.17, 15) is 0 Å². The molecule has 2 aromatic heterocycles. The molecule has 4 aromatic rings. The molecule has 0 unspecified atom stereocenters. The van der Waals surface area contributed by atoms with Crippen LogP contribution in [-0.4, -0.2) is 15.6 Å². The van der Waals surface area contributed by atoms with Crippen LogP contribution in [0, 0.1) is 6.92 Å². The Hall–Kier alpha value is -2.59. The molecule has 0 amide bonds. The Kier molecular flexibility index (Phi) is 5.11. The first kappa shape index (κ1) is 18.4. The third-order valence-corrected chi connectivity index (χ3v) is 6.72. The topological polar surface area (TPSA) is 29.9 Å². The molecule has 4 heteroatoms. The number of anilines is 1. The van der Waals surface area contributed by atoms with Crippen LogP contribution in [0.4, 0.5) is 5.13 Å². The van der Waals surface area contributed by atoms with Gasteiger partial charge in [-0.1, -0.05) is 61.2 Å². The Morgan fingerprint density at radius 2 is 1.90 bits per heavy atom. The summed E-state index contributed by atoms with van der Waals surface area (Å²) in [6.07, 6.45) is 8.86. The molecule has 1 N–H and O–H groups in total. The third kappa shape index (κ3) is 3.95. The zero-order valence-electron chi connectivity index (χ0n) is 16.9. The van der Waals surface area contributed by atoms with Crippen LogP contribution in [0.15, 0.2) is 60.1 Å². The van der Waals surface area contributed by atoms with Crippen molar-refractivity contribution in [3.63, 3.8) is 0 Å². The molecule has 0 bridgehead atoms. The van der Waals surface area contributed by atoms with Crippen LogP contribution in [0.1, 0.15) is 43.2 Å². The van der Waals surface area contributed by atoms with Crippen LogP contribution in [-0.2, 0) is 6.54 Å². The predicted molar refractivity (Wildman–Crippen MR) is 124 cm³/mol. The van der Waals surface area contributed by atoms with Crippen molar-refractivity contribution in [3.05, 3.63) is 71.2 Å². The Balaban J connectivity index is 1.49. The molecule has 0 aliphatic heterocycles. The van der Waals surface area contributed by atoms with Crippen LogP contribution in [0.3, 0.4) is 0 Å². The largest absolute Gasteiger partial charge is 0.359 e. The van der Waals surface area contributed by atoms with Gasteiger partial charge in [0.25, 0.3) is 0 Å². The van der Waals surface area contributed by atoms with Crippen LogP contribution in [0.25, 0.3) is 22.2 Å². The number of benzene rings is 2. The van der Waals surface area contributed by atoms with Gasteiger partial charge >= 0.3 is 0 Å². The first-order valence-electron chi connectivity index (χ1n) is 10.6. The van der Waals surface area contributed by atoms with Crippen molar-refractivity contribution < 1.29 is 0 Å². The maximum absolute atomic E-state index is 4.97. The second-order valence-corrected chi connectivity index (χ2v) is 9.05. The lowest BCUT2D eigenvalue weighted by molar-refractivity contribution is 0.462. The molecule has 0 spiro atoms. The van der Waals surface area contributed by atoms with Gasteiger partial charge in [0.2, 0.25) is 0 Å². The summed E-state index contributed by atoms with van der Waals surface area (Å²) in [7, 11) is 0. The molecular formula is C25H27N3S. The molecule has 2 aromatic carbocycles. The molecular weight excluding hydrogens is 374 g/mol. The average molecular weight is 402 g/mol. The summed E-state index contributed by atoms with van der Waals surface area (Å²) < 4.78 is 2.35. The van der Waals surface area contributed by atoms with E-state index in [4.69, 9.17) is 4.98 Å². The maximum Gasteiger partial charge on any atom is 0.183 e. The lowest BCUT2D eigenvalue weighted by atomic mass is 9.96. The van der Waals surface area contributed by atoms with E-state index >= 15 is 0 Å². The number of hydrogen-bond donors (Lipinski definition) is 1. The van der Waals surface area contributed by atoms with Crippen molar-refractivity contribution in [1.29, 1.82) is 0 Å². The highest BCUT2D eigenvalue weighted by Gasteiger charge is 2.17. The van der Waals surface area contributed by atoms with E-state index in [2.05, 4.69) is 76.9 Å². The van der Waals surface area contributed by atoms with Crippen molar-refractivity contribution in [3.8, 4) is 11.3 Å². The van der Waals surface area contributed by atoms with Gasteiger partial charge in [-0.05, 0) is 37.5 Å². The Morgan fingerprint density at radius 1 is 1.07 bits per heavy atom. The van der Waals surface area contributed by atoms with E-state index in [0.717, 1.165) is 17.4 Å². The summed E-state index contributed by atoms with van der Waals surface area (Å²) in [5.41, 5.74) is 6.17. The van der Waals surface area contributed by atoms with Gasteiger partial charge in [-0.25, -0.2) is 4.98 Å². The highest BCUT2D eigenvalue weighted by Crippen LogP contribution is 2.34. The minimum absolute atomic E-state index is 0.587. The second kappa shape index (κ2) is 8.03. The van der Waals surface area contributed by atoms with Gasteiger partial charge in [-0.15, -0.1) is 11.3 Å². The fraction of sp³-hybridized carbons (Fsp3) is 0.320. The quantitative estimate of drug-likeness (QED) is 0.395. The van der Waals surface area contributed by atoms with E-state index in [0.29, 0.717) is 6.04 Å². The predicted octanol–water partition coefficient (Wildman–Crippen LogP) is 6.87. The normalized spacial score (nSPS) is 15.1. The number of fused-ring (bicyclic) bond motifs is 1. The third-order valence-electron chi connectivity index (χ3n) is 5.95. The number of thiazole rings is 1. The molecule has 1 aliphatic carbocycles. The first-order valence-corrected chi connectivity index (χ1v) is 11.5. The van der Waals surface area contributed by atoms with Crippen molar-refractivity contribution >= 4 is 27.4 Å². The van der Waals surface area contributed by atoms with Gasteiger partial charge in [-0.2, -0.15) is 0 Å². The number of rotatable bonds is 5. The van der Waals surface area contributed by atoms with Crippen LogP contribution < -0.4 is 5.32 Å². The number of aromatic nitrogens is 2. The Labute approximate surface area is 176 Å². The zero-order valence-corrected chi connectivity index (χ0v) is 17.7. The van der Waals surface area contributed by atoms with Crippen LogP contribution in [0.2, 0.25) is 0 Å². The van der Waals surface area contributed by atoms with Gasteiger partial charge < -0.3 is 9.88 Å². The average Bonchev–Trinajstić information content (AvgIpc) is 3.34. The maximum atomic E-state index is 4.97. The minimum Gasteiger partial charge on any atom is -0.359 e. The molecule has 0 saturated heterocycles. The van der Waals surface area contributed by atoms with Gasteiger partial charge in [0, 0.05) is 40.6 Å². The monoisotopic (exact) mass is 401 g/mol. The molecule has 1 saturated carbocycles. The molecule has 29 heavy (non-hydrogen) atoms. The summed E-state index contributed by atoms with van der Waals surface area (Å²) >= 11 is 1.73. The van der Waals surface area contributed by atoms with Gasteiger partial charge in [-0.3, -0.25) is 0 Å². The summed E-state index contributed by atoms with van der Waals surface area (Å²) in [5, 5.41) is 8.23. The van der Waals surface area contributed by atoms with E-state index in [1.54, 1.807) is 11.3 Å². The molecule has 0 radical (unpaired) electrons. The summed E-state index contributed by atoms with van der Waals surface area (Å²) in [5.74, 6) is 0. The molecule has 1 fully saturated rings. The van der Waals surface area contributed by atoms with Gasteiger partial charge in [0.05, 0.1) is 5.69 Å². The number of nitrogens with zero attached hydrogens (tertiary/aromatic N) is 2. The standard InChI is InChI=1S/C25H27N3S/c1-18-12-13-24-21(14-18)22(16-28(24)15-19-8-4-2-5-9-19)23-17-29-25(27-23)26-20-10-6-3-7-11-20/h2,4-5,8-9,12-14,16-17,20H,3,6-7,10-11,15H2,1H3,(H,26,27). The summed E-state index contributed by atoms with van der Waals surface area (Å²) in [4.78, 5) is 4.97. The number of aryl methyl sites for hydroxylation is 1. The van der Waals surface area contributed by atoms with E-state index in [1.807, 2.05) is 0 Å². The fourth-order valence-electron chi connectivity index (χ4n) is 4.41. The molecule has 148 valence electrons. The summed E-state index contributed by atoms with van der Waals surface area (Å²) in [6, 6.07) is 18.0. The SMILES string of the molecule is Cc1ccc2c(c1)c(-c1csc(NC3CCCCC3)n1)cn2Cc1ccccc1. The van der Waals surface area contributed by atoms with E-state index in [1.165, 1.54) is 59.7 Å². The van der Waals surface area contributed by atoms with Crippen LogP contribution in [0.5, 0.6) is 0 Å². The summed E-state index contributed by atoms with van der Waals surface area (Å²) in [6.45, 7) is 3.03. The fourth-order valence-corrected chi connectivity index (χ4v) is 5.20. The van der Waals surface area contributed by atoms with E-state index < -0.39 is 0 Å². The Bertz CT molecular complexity index is 1100. The highest BCUT2D eigenvalue weighted by molar-refractivity contribution is 7.14. The first-order chi connectivity index (χ1) is 14.3. The van der Waals surface area contributed by atoms with Crippen molar-refractivity contribution in [2.45, 2.75) is 51.6 Å². The smallest absolute Gasteiger partial charge is 0.183 e. The van der Waals surface area contributed by atoms with Crippen molar-refractivity contribution in [1.82, 2.24) is 9.55 Å². The zero-order chi connectivity index (χ0) is 19.6. The molecule has 5 rings (SSSR count).